The topological polar surface area (TPSA) is 76.8 Å². The van der Waals surface area contributed by atoms with Gasteiger partial charge < -0.3 is 14.1 Å². The van der Waals surface area contributed by atoms with Crippen molar-refractivity contribution in [3.05, 3.63) is 81.0 Å². The van der Waals surface area contributed by atoms with Gasteiger partial charge in [0.15, 0.2) is 0 Å². The van der Waals surface area contributed by atoms with Gasteiger partial charge in [0.25, 0.3) is 0 Å². The van der Waals surface area contributed by atoms with Crippen molar-refractivity contribution in [2.24, 2.45) is 0 Å². The van der Waals surface area contributed by atoms with Crippen LogP contribution in [0.3, 0.4) is 0 Å². The molecular formula is C26H22FNO5S. The van der Waals surface area contributed by atoms with Crippen molar-refractivity contribution in [2.75, 3.05) is 5.75 Å². The monoisotopic (exact) mass is 479 g/mol. The van der Waals surface area contributed by atoms with Crippen molar-refractivity contribution in [1.82, 2.24) is 4.90 Å². The molecule has 6 rings (SSSR count). The first kappa shape index (κ1) is 21.4. The van der Waals surface area contributed by atoms with Crippen LogP contribution in [-0.2, 0) is 38.6 Å². The SMILES string of the molecule is O=C(OCc1cc(=O)oc2cc3c(cc12)CCC3)[C@@H]1CS[C@]2(c3ccc(F)cc3)CCC(=O)N12. The lowest BCUT2D eigenvalue weighted by Crippen LogP contribution is -2.46. The number of carbonyl (C=O) groups is 2. The number of nitrogens with zero attached hydrogens (tertiary/aromatic N) is 1. The van der Waals surface area contributed by atoms with E-state index < -0.39 is 22.5 Å². The fourth-order valence-electron chi connectivity index (χ4n) is 5.49. The van der Waals surface area contributed by atoms with E-state index in [2.05, 4.69) is 0 Å². The van der Waals surface area contributed by atoms with Crippen LogP contribution in [0.4, 0.5) is 4.39 Å². The summed E-state index contributed by atoms with van der Waals surface area (Å²) in [5.74, 6) is -0.570. The Kier molecular flexibility index (Phi) is 5.02. The van der Waals surface area contributed by atoms with Crippen LogP contribution >= 0.6 is 11.8 Å². The van der Waals surface area contributed by atoms with Crippen molar-refractivity contribution < 1.29 is 23.1 Å². The van der Waals surface area contributed by atoms with Gasteiger partial charge in [-0.1, -0.05) is 12.1 Å². The Morgan fingerprint density at radius 1 is 1.12 bits per heavy atom. The summed E-state index contributed by atoms with van der Waals surface area (Å²) in [6, 6.07) is 10.7. The Balaban J connectivity index is 1.26. The molecule has 1 amide bonds. The summed E-state index contributed by atoms with van der Waals surface area (Å²) in [7, 11) is 0. The molecule has 2 saturated heterocycles. The molecule has 0 N–H and O–H groups in total. The number of halogens is 1. The standard InChI is InChI=1S/C26H22FNO5S/c27-19-6-4-18(5-7-19)26-9-8-23(29)28(26)21(14-34-26)25(31)32-13-17-12-24(30)33-22-11-16-3-1-2-15(16)10-20(17)22/h4-7,10-12,21H,1-3,8-9,13-14H2/t21-,26-/m0/s1. The van der Waals surface area contributed by atoms with Crippen molar-refractivity contribution in [2.45, 2.75) is 49.6 Å². The molecule has 0 bridgehead atoms. The summed E-state index contributed by atoms with van der Waals surface area (Å²) in [5.41, 5.74) is 3.84. The minimum Gasteiger partial charge on any atom is -0.459 e. The first-order valence-electron chi connectivity index (χ1n) is 11.4. The van der Waals surface area contributed by atoms with Gasteiger partial charge in [-0.2, -0.15) is 0 Å². The Morgan fingerprint density at radius 2 is 1.88 bits per heavy atom. The number of hydrogen-bond acceptors (Lipinski definition) is 6. The second kappa shape index (κ2) is 7.98. The Labute approximate surface area is 199 Å². The Bertz CT molecular complexity index is 1380. The summed E-state index contributed by atoms with van der Waals surface area (Å²) in [4.78, 5) is 39.0. The number of rotatable bonds is 4. The highest BCUT2D eigenvalue weighted by Crippen LogP contribution is 2.54. The van der Waals surface area contributed by atoms with Gasteiger partial charge in [0.05, 0.1) is 0 Å². The van der Waals surface area contributed by atoms with Gasteiger partial charge in [0.2, 0.25) is 5.91 Å². The van der Waals surface area contributed by atoms with Crippen LogP contribution in [0.2, 0.25) is 0 Å². The van der Waals surface area contributed by atoms with Crippen molar-refractivity contribution in [1.29, 1.82) is 0 Å². The maximum Gasteiger partial charge on any atom is 0.336 e. The lowest BCUT2D eigenvalue weighted by molar-refractivity contribution is -0.155. The van der Waals surface area contributed by atoms with Crippen LogP contribution in [-0.4, -0.2) is 28.6 Å². The molecule has 6 nitrogen and oxygen atoms in total. The van der Waals surface area contributed by atoms with Crippen LogP contribution in [0.1, 0.15) is 41.5 Å². The van der Waals surface area contributed by atoms with Crippen LogP contribution < -0.4 is 5.63 Å². The van der Waals surface area contributed by atoms with Crippen LogP contribution in [0, 0.1) is 5.82 Å². The van der Waals surface area contributed by atoms with E-state index in [1.165, 1.54) is 41.1 Å². The highest BCUT2D eigenvalue weighted by atomic mass is 32.2. The van der Waals surface area contributed by atoms with E-state index in [-0.39, 0.29) is 18.3 Å². The van der Waals surface area contributed by atoms with Gasteiger partial charge in [-0.15, -0.1) is 11.8 Å². The average Bonchev–Trinajstić information content (AvgIpc) is 3.52. The van der Waals surface area contributed by atoms with Crippen molar-refractivity contribution in [3.8, 4) is 0 Å². The number of esters is 1. The third kappa shape index (κ3) is 3.35. The van der Waals surface area contributed by atoms with E-state index in [9.17, 15) is 18.8 Å². The minimum atomic E-state index is -0.735. The quantitative estimate of drug-likeness (QED) is 0.415. The predicted octanol–water partition coefficient (Wildman–Crippen LogP) is 4.05. The molecule has 1 aliphatic carbocycles. The Morgan fingerprint density at radius 3 is 2.68 bits per heavy atom. The molecule has 0 spiro atoms. The summed E-state index contributed by atoms with van der Waals surface area (Å²) < 4.78 is 24.5. The van der Waals surface area contributed by atoms with E-state index in [0.29, 0.717) is 29.7 Å². The van der Waals surface area contributed by atoms with E-state index in [1.54, 1.807) is 17.0 Å². The van der Waals surface area contributed by atoms with Gasteiger partial charge in [0, 0.05) is 29.2 Å². The van der Waals surface area contributed by atoms with Crippen LogP contribution in [0.5, 0.6) is 0 Å². The zero-order valence-corrected chi connectivity index (χ0v) is 19.2. The van der Waals surface area contributed by atoms with Gasteiger partial charge in [-0.05, 0) is 66.6 Å². The van der Waals surface area contributed by atoms with E-state index in [0.717, 1.165) is 30.2 Å². The largest absolute Gasteiger partial charge is 0.459 e. The zero-order valence-electron chi connectivity index (χ0n) is 18.3. The zero-order chi connectivity index (χ0) is 23.4. The summed E-state index contributed by atoms with van der Waals surface area (Å²) in [6.45, 7) is -0.0769. The van der Waals surface area contributed by atoms with Gasteiger partial charge >= 0.3 is 11.6 Å². The van der Waals surface area contributed by atoms with Crippen LogP contribution in [0.25, 0.3) is 11.0 Å². The summed E-state index contributed by atoms with van der Waals surface area (Å²) in [5, 5.41) is 0.770. The van der Waals surface area contributed by atoms with Crippen molar-refractivity contribution in [3.63, 3.8) is 0 Å². The molecule has 174 valence electrons. The first-order chi connectivity index (χ1) is 16.4. The van der Waals surface area contributed by atoms with E-state index in [1.807, 2.05) is 12.1 Å². The van der Waals surface area contributed by atoms with Gasteiger partial charge in [0.1, 0.15) is 28.9 Å². The number of thioether (sulfide) groups is 1. The second-order valence-corrected chi connectivity index (χ2v) is 10.3. The molecule has 2 atom stereocenters. The molecule has 0 saturated carbocycles. The predicted molar refractivity (Wildman–Crippen MR) is 125 cm³/mol. The molecule has 2 fully saturated rings. The smallest absolute Gasteiger partial charge is 0.336 e. The molecule has 3 aromatic rings. The molecule has 3 aliphatic rings. The highest BCUT2D eigenvalue weighted by molar-refractivity contribution is 8.00. The lowest BCUT2D eigenvalue weighted by atomic mass is 10.0. The van der Waals surface area contributed by atoms with E-state index >= 15 is 0 Å². The average molecular weight is 480 g/mol. The fraction of sp³-hybridized carbons (Fsp3) is 0.346. The molecule has 2 aliphatic heterocycles. The molecule has 2 aromatic carbocycles. The van der Waals surface area contributed by atoms with Crippen LogP contribution in [0.15, 0.2) is 51.7 Å². The summed E-state index contributed by atoms with van der Waals surface area (Å²) in [6.07, 6.45) is 3.89. The number of fused-ring (bicyclic) bond motifs is 3. The highest BCUT2D eigenvalue weighted by Gasteiger charge is 2.57. The molecule has 0 radical (unpaired) electrons. The second-order valence-electron chi connectivity index (χ2n) is 9.05. The lowest BCUT2D eigenvalue weighted by Gasteiger charge is -2.33. The Hall–Kier alpha value is -3.13. The number of amides is 1. The first-order valence-corrected chi connectivity index (χ1v) is 12.4. The molecule has 0 unspecified atom stereocenters. The van der Waals surface area contributed by atoms with Gasteiger partial charge in [-0.25, -0.2) is 14.0 Å². The number of hydrogen-bond donors (Lipinski definition) is 0. The molecule has 34 heavy (non-hydrogen) atoms. The summed E-state index contributed by atoms with van der Waals surface area (Å²) >= 11 is 1.52. The molecule has 8 heteroatoms. The number of aryl methyl sites for hydroxylation is 2. The third-order valence-corrected chi connectivity index (χ3v) is 8.70. The maximum atomic E-state index is 13.5. The number of benzene rings is 2. The van der Waals surface area contributed by atoms with E-state index in [4.69, 9.17) is 9.15 Å². The maximum absolute atomic E-state index is 13.5. The minimum absolute atomic E-state index is 0.0769. The molecule has 3 heterocycles. The number of carbonyl (C=O) groups excluding carboxylic acids is 2. The van der Waals surface area contributed by atoms with Crippen molar-refractivity contribution >= 4 is 34.6 Å². The normalized spacial score (nSPS) is 23.4. The molecular weight excluding hydrogens is 457 g/mol. The fourth-order valence-corrected chi connectivity index (χ4v) is 7.12. The third-order valence-electron chi connectivity index (χ3n) is 7.11. The number of ether oxygens (including phenoxy) is 1. The molecule has 1 aromatic heterocycles. The van der Waals surface area contributed by atoms with Gasteiger partial charge in [-0.3, -0.25) is 4.79 Å².